The number of thioether (sulfide) groups is 1. The molecule has 3 nitrogen and oxygen atoms in total. The van der Waals surface area contributed by atoms with Gasteiger partial charge in [0.25, 0.3) is 0 Å². The van der Waals surface area contributed by atoms with Gasteiger partial charge in [-0.15, -0.1) is 11.8 Å². The van der Waals surface area contributed by atoms with E-state index in [2.05, 4.69) is 27.3 Å². The Morgan fingerprint density at radius 1 is 1.59 bits per heavy atom. The van der Waals surface area contributed by atoms with Crippen molar-refractivity contribution in [2.24, 2.45) is 0 Å². The van der Waals surface area contributed by atoms with Gasteiger partial charge in [0.05, 0.1) is 5.69 Å². The molecule has 0 atom stereocenters. The number of hydrogen-bond donors (Lipinski definition) is 1. The van der Waals surface area contributed by atoms with Crippen LogP contribution in [0.1, 0.15) is 6.42 Å². The van der Waals surface area contributed by atoms with Crippen molar-refractivity contribution in [1.29, 1.82) is 0 Å². The second-order valence-electron chi connectivity index (χ2n) is 3.86. The van der Waals surface area contributed by atoms with Crippen molar-refractivity contribution in [3.8, 4) is 0 Å². The minimum Gasteiger partial charge on any atom is -0.319 e. The van der Waals surface area contributed by atoms with E-state index in [0.29, 0.717) is 6.42 Å². The van der Waals surface area contributed by atoms with Crippen LogP contribution in [0.4, 0.5) is 5.69 Å². The van der Waals surface area contributed by atoms with Crippen LogP contribution in [0.2, 0.25) is 0 Å². The van der Waals surface area contributed by atoms with Crippen LogP contribution in [-0.4, -0.2) is 31.8 Å². The molecule has 0 radical (unpaired) electrons. The van der Waals surface area contributed by atoms with E-state index in [1.165, 1.54) is 4.90 Å². The van der Waals surface area contributed by atoms with Crippen molar-refractivity contribution in [2.45, 2.75) is 11.3 Å². The van der Waals surface area contributed by atoms with E-state index in [9.17, 15) is 4.79 Å². The first kappa shape index (κ1) is 12.9. The smallest absolute Gasteiger partial charge is 0.228 e. The molecule has 17 heavy (non-hydrogen) atoms. The van der Waals surface area contributed by atoms with Gasteiger partial charge >= 0.3 is 0 Å². The Hall–Kier alpha value is -0.520. The number of hydrogen-bond acceptors (Lipinski definition) is 3. The fourth-order valence-corrected chi connectivity index (χ4v) is 3.36. The molecule has 0 unspecified atom stereocenters. The van der Waals surface area contributed by atoms with Crippen molar-refractivity contribution >= 4 is 39.3 Å². The van der Waals surface area contributed by atoms with Gasteiger partial charge in [-0.3, -0.25) is 4.79 Å². The summed E-state index contributed by atoms with van der Waals surface area (Å²) in [7, 11) is 1.87. The van der Waals surface area contributed by atoms with Gasteiger partial charge in [0.1, 0.15) is 0 Å². The second-order valence-corrected chi connectivity index (χ2v) is 5.91. The molecule has 1 aliphatic heterocycles. The maximum Gasteiger partial charge on any atom is 0.228 e. The summed E-state index contributed by atoms with van der Waals surface area (Å²) >= 11 is 5.27. The Balaban J connectivity index is 2.19. The van der Waals surface area contributed by atoms with E-state index in [1.54, 1.807) is 0 Å². The minimum atomic E-state index is 0.197. The van der Waals surface area contributed by atoms with Crippen LogP contribution in [0.3, 0.4) is 0 Å². The molecule has 0 saturated carbocycles. The predicted octanol–water partition coefficient (Wildman–Crippen LogP) is 2.50. The van der Waals surface area contributed by atoms with E-state index in [0.717, 1.165) is 29.0 Å². The van der Waals surface area contributed by atoms with Crippen molar-refractivity contribution < 1.29 is 4.79 Å². The fourth-order valence-electron chi connectivity index (χ4n) is 1.82. The number of anilines is 1. The lowest BCUT2D eigenvalue weighted by atomic mass is 10.2. The van der Waals surface area contributed by atoms with Crippen LogP contribution in [-0.2, 0) is 4.79 Å². The first-order valence-electron chi connectivity index (χ1n) is 5.59. The molecule has 1 amide bonds. The topological polar surface area (TPSA) is 32.3 Å². The maximum absolute atomic E-state index is 12.1. The van der Waals surface area contributed by atoms with Crippen LogP contribution in [0.15, 0.2) is 27.6 Å². The number of carbonyl (C=O) groups excluding carboxylic acids is 1. The van der Waals surface area contributed by atoms with Crippen LogP contribution in [0.5, 0.6) is 0 Å². The number of rotatable bonds is 3. The van der Waals surface area contributed by atoms with Gasteiger partial charge in [-0.25, -0.2) is 0 Å². The second kappa shape index (κ2) is 5.89. The average molecular weight is 315 g/mol. The Kier molecular flexibility index (Phi) is 4.48. The van der Waals surface area contributed by atoms with Crippen LogP contribution in [0, 0.1) is 0 Å². The van der Waals surface area contributed by atoms with Crippen molar-refractivity contribution in [2.75, 3.05) is 30.8 Å². The summed E-state index contributed by atoms with van der Waals surface area (Å²) in [5.41, 5.74) is 1.05. The zero-order chi connectivity index (χ0) is 12.3. The lowest BCUT2D eigenvalue weighted by Gasteiger charge is -2.29. The molecule has 92 valence electrons. The number of nitrogens with one attached hydrogen (secondary N) is 1. The Morgan fingerprint density at radius 2 is 2.41 bits per heavy atom. The van der Waals surface area contributed by atoms with Crippen molar-refractivity contribution in [3.05, 3.63) is 22.7 Å². The summed E-state index contributed by atoms with van der Waals surface area (Å²) in [5.74, 6) is 1.16. The predicted molar refractivity (Wildman–Crippen MR) is 75.8 cm³/mol. The van der Waals surface area contributed by atoms with E-state index in [4.69, 9.17) is 0 Å². The van der Waals surface area contributed by atoms with Gasteiger partial charge in [-0.1, -0.05) is 15.9 Å². The first-order valence-corrected chi connectivity index (χ1v) is 7.37. The van der Waals surface area contributed by atoms with Gasteiger partial charge in [0.2, 0.25) is 5.91 Å². The van der Waals surface area contributed by atoms with Crippen molar-refractivity contribution in [3.63, 3.8) is 0 Å². The highest BCUT2D eigenvalue weighted by atomic mass is 79.9. The monoisotopic (exact) mass is 314 g/mol. The highest BCUT2D eigenvalue weighted by molar-refractivity contribution is 9.10. The largest absolute Gasteiger partial charge is 0.319 e. The lowest BCUT2D eigenvalue weighted by Crippen LogP contribution is -2.36. The van der Waals surface area contributed by atoms with E-state index in [1.807, 2.05) is 35.8 Å². The maximum atomic E-state index is 12.1. The molecule has 5 heteroatoms. The molecule has 1 aromatic rings. The summed E-state index contributed by atoms with van der Waals surface area (Å²) in [6.07, 6.45) is 0.552. The molecule has 0 fully saturated rings. The van der Waals surface area contributed by atoms with E-state index < -0.39 is 0 Å². The molecule has 1 heterocycles. The summed E-state index contributed by atoms with van der Waals surface area (Å²) in [4.78, 5) is 15.2. The third-order valence-electron chi connectivity index (χ3n) is 2.68. The van der Waals surface area contributed by atoms with Crippen molar-refractivity contribution in [1.82, 2.24) is 5.32 Å². The summed E-state index contributed by atoms with van der Waals surface area (Å²) in [5, 5.41) is 3.01. The molecule has 0 aromatic heterocycles. The Morgan fingerprint density at radius 3 is 3.18 bits per heavy atom. The zero-order valence-corrected chi connectivity index (χ0v) is 12.1. The molecular formula is C12H15BrN2OS. The summed E-state index contributed by atoms with van der Waals surface area (Å²) in [6.45, 7) is 1.54. The molecule has 0 spiro atoms. The highest BCUT2D eigenvalue weighted by Crippen LogP contribution is 2.36. The Labute approximate surface area is 114 Å². The zero-order valence-electron chi connectivity index (χ0n) is 9.70. The standard InChI is InChI=1S/C12H15BrN2OS/c1-14-5-4-12(16)15-6-7-17-11-8-9(13)2-3-10(11)15/h2-3,8,14H,4-7H2,1H3. The van der Waals surface area contributed by atoms with E-state index >= 15 is 0 Å². The SMILES string of the molecule is CNCCC(=O)N1CCSc2cc(Br)ccc21. The molecule has 0 aliphatic carbocycles. The highest BCUT2D eigenvalue weighted by Gasteiger charge is 2.22. The molecule has 1 N–H and O–H groups in total. The molecular weight excluding hydrogens is 300 g/mol. The summed E-state index contributed by atoms with van der Waals surface area (Å²) in [6, 6.07) is 6.09. The average Bonchev–Trinajstić information content (AvgIpc) is 2.34. The molecule has 0 bridgehead atoms. The van der Waals surface area contributed by atoms with Gasteiger partial charge in [-0.05, 0) is 25.2 Å². The number of amides is 1. The van der Waals surface area contributed by atoms with Gasteiger partial charge in [0.15, 0.2) is 0 Å². The molecule has 1 aromatic carbocycles. The number of nitrogens with zero attached hydrogens (tertiary/aromatic N) is 1. The summed E-state index contributed by atoms with van der Waals surface area (Å²) < 4.78 is 1.06. The van der Waals surface area contributed by atoms with Crippen LogP contribution in [0.25, 0.3) is 0 Å². The molecule has 1 aliphatic rings. The third kappa shape index (κ3) is 3.03. The Bertz CT molecular complexity index is 425. The fraction of sp³-hybridized carbons (Fsp3) is 0.417. The van der Waals surface area contributed by atoms with Crippen LogP contribution >= 0.6 is 27.7 Å². The molecule has 2 rings (SSSR count). The van der Waals surface area contributed by atoms with Gasteiger partial charge in [-0.2, -0.15) is 0 Å². The third-order valence-corrected chi connectivity index (χ3v) is 4.19. The number of benzene rings is 1. The normalized spacial score (nSPS) is 14.6. The van der Waals surface area contributed by atoms with Crippen LogP contribution < -0.4 is 10.2 Å². The number of fused-ring (bicyclic) bond motifs is 1. The quantitative estimate of drug-likeness (QED) is 0.930. The van der Waals surface area contributed by atoms with Gasteiger partial charge in [0, 0.05) is 34.6 Å². The first-order chi connectivity index (χ1) is 8.22. The number of carbonyl (C=O) groups is 1. The van der Waals surface area contributed by atoms with Gasteiger partial charge < -0.3 is 10.2 Å². The minimum absolute atomic E-state index is 0.197. The van der Waals surface area contributed by atoms with E-state index in [-0.39, 0.29) is 5.91 Å². The lowest BCUT2D eigenvalue weighted by molar-refractivity contribution is -0.118. The molecule has 0 saturated heterocycles. The number of halogens is 1.